The molecule has 0 unspecified atom stereocenters. The van der Waals surface area contributed by atoms with Crippen molar-refractivity contribution in [1.29, 1.82) is 0 Å². The molecular weight excluding hydrogens is 165 g/mol. The summed E-state index contributed by atoms with van der Waals surface area (Å²) in [5, 5.41) is 0. The molecule has 0 aliphatic carbocycles. The second-order valence-electron chi connectivity index (χ2n) is 4.59. The third-order valence-electron chi connectivity index (χ3n) is 2.07. The molecule has 1 aromatic rings. The van der Waals surface area contributed by atoms with E-state index in [2.05, 4.69) is 49.9 Å². The average Bonchev–Trinajstić information content (AvgIpc) is 2.03. The Morgan fingerprint density at radius 1 is 1.14 bits per heavy atom. The monoisotopic (exact) mass is 183 g/mol. The van der Waals surface area contributed by atoms with Gasteiger partial charge in [0.25, 0.3) is 0 Å². The van der Waals surface area contributed by atoms with E-state index in [-0.39, 0.29) is 24.3 Å². The molecule has 1 nitrogen and oxygen atoms in total. The number of anilines is 1. The Kier molecular flexibility index (Phi) is 4.78. The fourth-order valence-electron chi connectivity index (χ4n) is 1.16. The first-order chi connectivity index (χ1) is 5.91. The molecule has 0 heterocycles. The van der Waals surface area contributed by atoms with Crippen LogP contribution in [0.5, 0.6) is 0 Å². The molecule has 0 bridgehead atoms. The second-order valence-corrected chi connectivity index (χ2v) is 4.59. The molecule has 1 rings (SSSR count). The van der Waals surface area contributed by atoms with Gasteiger partial charge >= 0.3 is 18.9 Å². The van der Waals surface area contributed by atoms with Gasteiger partial charge in [-0.3, -0.25) is 0 Å². The molecule has 0 N–H and O–H groups in total. The minimum absolute atomic E-state index is 0. The van der Waals surface area contributed by atoms with Gasteiger partial charge < -0.3 is 4.90 Å². The summed E-state index contributed by atoms with van der Waals surface area (Å²) in [7, 11) is 4.08. The van der Waals surface area contributed by atoms with Crippen molar-refractivity contribution in [2.75, 3.05) is 19.0 Å². The van der Waals surface area contributed by atoms with Crippen LogP contribution in [0.1, 0.15) is 26.3 Å². The predicted molar refractivity (Wildman–Crippen MR) is 58.3 cm³/mol. The van der Waals surface area contributed by atoms with Crippen LogP contribution in [-0.2, 0) is 5.41 Å². The summed E-state index contributed by atoms with van der Waals surface area (Å²) in [6.07, 6.45) is 0. The van der Waals surface area contributed by atoms with Crippen LogP contribution in [0, 0.1) is 6.07 Å². The Morgan fingerprint density at radius 2 is 1.71 bits per heavy atom. The summed E-state index contributed by atoms with van der Waals surface area (Å²) in [6, 6.07) is 9.71. The van der Waals surface area contributed by atoms with E-state index in [1.807, 2.05) is 14.1 Å². The average molecular weight is 183 g/mol. The van der Waals surface area contributed by atoms with Crippen LogP contribution in [0.3, 0.4) is 0 Å². The van der Waals surface area contributed by atoms with E-state index in [9.17, 15) is 0 Å². The minimum Gasteiger partial charge on any atom is -0.400 e. The Balaban J connectivity index is 0.00000169. The van der Waals surface area contributed by atoms with Gasteiger partial charge in [0.15, 0.2) is 0 Å². The third kappa shape index (κ3) is 3.40. The van der Waals surface area contributed by atoms with Crippen molar-refractivity contribution in [3.8, 4) is 0 Å². The van der Waals surface area contributed by atoms with Crippen LogP contribution in [0.15, 0.2) is 18.2 Å². The first-order valence-corrected chi connectivity index (χ1v) is 4.61. The summed E-state index contributed by atoms with van der Waals surface area (Å²) >= 11 is 0. The molecular formula is C12H18LiN. The van der Waals surface area contributed by atoms with Crippen LogP contribution in [0.4, 0.5) is 5.69 Å². The molecule has 14 heavy (non-hydrogen) atoms. The molecule has 0 radical (unpaired) electrons. The summed E-state index contributed by atoms with van der Waals surface area (Å²) in [4.78, 5) is 2.08. The molecule has 0 amide bonds. The van der Waals surface area contributed by atoms with E-state index in [4.69, 9.17) is 0 Å². The zero-order valence-corrected chi connectivity index (χ0v) is 10.2. The number of hydrogen-bond acceptors (Lipinski definition) is 1. The zero-order chi connectivity index (χ0) is 10.1. The summed E-state index contributed by atoms with van der Waals surface area (Å²) in [6.45, 7) is 6.62. The fourth-order valence-corrected chi connectivity index (χ4v) is 1.16. The van der Waals surface area contributed by atoms with Crippen LogP contribution >= 0.6 is 0 Å². The molecule has 0 fully saturated rings. The molecule has 0 saturated carbocycles. The van der Waals surface area contributed by atoms with E-state index in [1.165, 1.54) is 5.56 Å². The van der Waals surface area contributed by atoms with Crippen molar-refractivity contribution >= 4 is 5.69 Å². The topological polar surface area (TPSA) is 3.24 Å². The summed E-state index contributed by atoms with van der Waals surface area (Å²) < 4.78 is 0. The van der Waals surface area contributed by atoms with Gasteiger partial charge in [-0.05, 0) is 5.41 Å². The van der Waals surface area contributed by atoms with Gasteiger partial charge in [-0.2, -0.15) is 23.8 Å². The standard InChI is InChI=1S/C12H18N.Li/c1-12(2,3)10-7-6-8-11(9-10)13(4)5;/h6-8H,1-5H3;/q-1;+1. The van der Waals surface area contributed by atoms with Crippen molar-refractivity contribution in [2.45, 2.75) is 26.2 Å². The molecule has 2 heteroatoms. The van der Waals surface area contributed by atoms with Gasteiger partial charge in [-0.1, -0.05) is 26.5 Å². The minimum atomic E-state index is 0. The quantitative estimate of drug-likeness (QED) is 0.432. The van der Waals surface area contributed by atoms with Gasteiger partial charge in [0.1, 0.15) is 0 Å². The van der Waals surface area contributed by atoms with E-state index < -0.39 is 0 Å². The van der Waals surface area contributed by atoms with Crippen molar-refractivity contribution in [3.05, 3.63) is 29.8 Å². The van der Waals surface area contributed by atoms with Gasteiger partial charge in [0.2, 0.25) is 0 Å². The van der Waals surface area contributed by atoms with Crippen molar-refractivity contribution < 1.29 is 18.9 Å². The largest absolute Gasteiger partial charge is 1.00 e. The number of benzene rings is 1. The van der Waals surface area contributed by atoms with Crippen molar-refractivity contribution in [3.63, 3.8) is 0 Å². The van der Waals surface area contributed by atoms with Gasteiger partial charge in [-0.25, -0.2) is 0 Å². The number of nitrogens with zero attached hydrogens (tertiary/aromatic N) is 1. The van der Waals surface area contributed by atoms with Gasteiger partial charge in [-0.15, -0.1) is 6.07 Å². The zero-order valence-electron chi connectivity index (χ0n) is 10.2. The molecule has 0 aliphatic rings. The van der Waals surface area contributed by atoms with Crippen LogP contribution in [0.2, 0.25) is 0 Å². The van der Waals surface area contributed by atoms with Crippen LogP contribution < -0.4 is 23.8 Å². The number of rotatable bonds is 1. The summed E-state index contributed by atoms with van der Waals surface area (Å²) in [5.74, 6) is 0. The molecule has 0 spiro atoms. The normalized spacial score (nSPS) is 10.6. The van der Waals surface area contributed by atoms with Crippen molar-refractivity contribution in [2.24, 2.45) is 0 Å². The Bertz CT molecular complexity index is 287. The smallest absolute Gasteiger partial charge is 0.400 e. The Morgan fingerprint density at radius 3 is 2.14 bits per heavy atom. The molecule has 1 aromatic carbocycles. The van der Waals surface area contributed by atoms with E-state index in [1.54, 1.807) is 0 Å². The Labute approximate surface area is 99.7 Å². The molecule has 72 valence electrons. The second kappa shape index (κ2) is 4.91. The van der Waals surface area contributed by atoms with E-state index >= 15 is 0 Å². The van der Waals surface area contributed by atoms with E-state index in [0.717, 1.165) is 5.69 Å². The fraction of sp³-hybridized carbons (Fsp3) is 0.500. The molecule has 0 saturated heterocycles. The maximum atomic E-state index is 3.41. The number of hydrogen-bond donors (Lipinski definition) is 0. The van der Waals surface area contributed by atoms with Crippen molar-refractivity contribution in [1.82, 2.24) is 0 Å². The third-order valence-corrected chi connectivity index (χ3v) is 2.07. The van der Waals surface area contributed by atoms with Gasteiger partial charge in [0, 0.05) is 14.1 Å². The first-order valence-electron chi connectivity index (χ1n) is 4.61. The van der Waals surface area contributed by atoms with Crippen LogP contribution in [-0.4, -0.2) is 14.1 Å². The SMILES string of the molecule is CN(C)c1[c-]c(C(C)(C)C)ccc1.[Li+]. The maximum Gasteiger partial charge on any atom is 1.00 e. The molecule has 0 aliphatic heterocycles. The first kappa shape index (κ1) is 13.6. The van der Waals surface area contributed by atoms with Crippen LogP contribution in [0.25, 0.3) is 0 Å². The van der Waals surface area contributed by atoms with E-state index in [0.29, 0.717) is 0 Å². The molecule has 0 atom stereocenters. The Hall–Kier alpha value is -0.383. The van der Waals surface area contributed by atoms with Gasteiger partial charge in [0.05, 0.1) is 0 Å². The predicted octanol–water partition coefficient (Wildman–Crippen LogP) is -0.146. The summed E-state index contributed by atoms with van der Waals surface area (Å²) in [5.41, 5.74) is 2.59. The maximum absolute atomic E-state index is 3.41. The molecule has 0 aromatic heterocycles.